The minimum atomic E-state index is -0.300. The zero-order valence-electron chi connectivity index (χ0n) is 11.2. The van der Waals surface area contributed by atoms with E-state index in [9.17, 15) is 9.59 Å². The quantitative estimate of drug-likeness (QED) is 0.661. The molecule has 0 bridgehead atoms. The summed E-state index contributed by atoms with van der Waals surface area (Å²) in [6, 6.07) is 8.68. The lowest BCUT2D eigenvalue weighted by Crippen LogP contribution is -2.44. The van der Waals surface area contributed by atoms with Crippen LogP contribution in [0.25, 0.3) is 0 Å². The van der Waals surface area contributed by atoms with Crippen molar-refractivity contribution in [3.63, 3.8) is 0 Å². The Morgan fingerprint density at radius 2 is 2.10 bits per heavy atom. The van der Waals surface area contributed by atoms with Crippen molar-refractivity contribution < 1.29 is 19.1 Å². The number of carbonyl (C=O) groups is 2. The third kappa shape index (κ3) is 2.41. The molecule has 2 aliphatic rings. The number of benzene rings is 1. The second-order valence-corrected chi connectivity index (χ2v) is 5.10. The van der Waals surface area contributed by atoms with Gasteiger partial charge in [0.05, 0.1) is 24.7 Å². The van der Waals surface area contributed by atoms with Crippen LogP contribution in [-0.2, 0) is 14.3 Å². The molecule has 3 rings (SSSR count). The van der Waals surface area contributed by atoms with Crippen molar-refractivity contribution in [1.82, 2.24) is 5.32 Å². The van der Waals surface area contributed by atoms with E-state index < -0.39 is 0 Å². The minimum Gasteiger partial charge on any atom is -0.466 e. The minimum absolute atomic E-state index is 0.0444. The summed E-state index contributed by atoms with van der Waals surface area (Å²) in [6.45, 7) is 2.13. The summed E-state index contributed by atoms with van der Waals surface area (Å²) in [6.07, 6.45) is 0.672. The molecule has 1 aromatic carbocycles. The van der Waals surface area contributed by atoms with E-state index in [1.54, 1.807) is 19.1 Å². The van der Waals surface area contributed by atoms with Crippen LogP contribution in [0.3, 0.4) is 0 Å². The summed E-state index contributed by atoms with van der Waals surface area (Å²) < 4.78 is 10.5. The summed E-state index contributed by atoms with van der Waals surface area (Å²) in [5.41, 5.74) is 0.583. The van der Waals surface area contributed by atoms with Crippen LogP contribution in [0.4, 0.5) is 0 Å². The maximum absolute atomic E-state index is 12.2. The molecule has 0 aromatic heterocycles. The predicted molar refractivity (Wildman–Crippen MR) is 71.1 cm³/mol. The number of amides is 1. The van der Waals surface area contributed by atoms with Crippen LogP contribution >= 0.6 is 0 Å². The topological polar surface area (TPSA) is 67.9 Å². The number of hydrogen-bond donors (Lipinski definition) is 1. The number of fused-ring (bicyclic) bond motifs is 1. The molecule has 5 heteroatoms. The van der Waals surface area contributed by atoms with Gasteiger partial charge in [0.1, 0.15) is 6.10 Å². The van der Waals surface area contributed by atoms with Crippen LogP contribution in [-0.4, -0.2) is 36.7 Å². The molecule has 1 aromatic rings. The van der Waals surface area contributed by atoms with Crippen LogP contribution in [0, 0.1) is 5.92 Å². The van der Waals surface area contributed by atoms with E-state index in [1.807, 2.05) is 18.2 Å². The maximum Gasteiger partial charge on any atom is 0.311 e. The molecule has 0 unspecified atom stereocenters. The Kier molecular flexibility index (Phi) is 3.44. The van der Waals surface area contributed by atoms with Crippen molar-refractivity contribution in [2.45, 2.75) is 31.6 Å². The van der Waals surface area contributed by atoms with Gasteiger partial charge >= 0.3 is 5.97 Å². The Bertz CT molecular complexity index is 516. The largest absolute Gasteiger partial charge is 0.466 e. The van der Waals surface area contributed by atoms with Crippen molar-refractivity contribution in [2.24, 2.45) is 5.92 Å². The van der Waals surface area contributed by atoms with Gasteiger partial charge in [-0.05, 0) is 25.5 Å². The van der Waals surface area contributed by atoms with Crippen LogP contribution < -0.4 is 5.32 Å². The first kappa shape index (κ1) is 13.1. The van der Waals surface area contributed by atoms with Crippen molar-refractivity contribution in [3.8, 4) is 0 Å². The molecule has 0 spiro atoms. The number of epoxide rings is 1. The molecule has 1 saturated heterocycles. The van der Waals surface area contributed by atoms with Crippen molar-refractivity contribution in [2.75, 3.05) is 6.61 Å². The Morgan fingerprint density at radius 1 is 1.35 bits per heavy atom. The molecule has 1 N–H and O–H groups in total. The zero-order chi connectivity index (χ0) is 14.1. The van der Waals surface area contributed by atoms with Crippen LogP contribution in [0.1, 0.15) is 23.7 Å². The van der Waals surface area contributed by atoms with Crippen molar-refractivity contribution in [3.05, 3.63) is 35.9 Å². The molecule has 1 aliphatic carbocycles. The number of esters is 1. The van der Waals surface area contributed by atoms with Gasteiger partial charge in [-0.3, -0.25) is 9.59 Å². The summed E-state index contributed by atoms with van der Waals surface area (Å²) in [4.78, 5) is 24.1. The fourth-order valence-corrected chi connectivity index (χ4v) is 2.79. The van der Waals surface area contributed by atoms with Crippen molar-refractivity contribution in [1.29, 1.82) is 0 Å². The van der Waals surface area contributed by atoms with Gasteiger partial charge in [0.25, 0.3) is 5.91 Å². The Hall–Kier alpha value is -1.88. The highest BCUT2D eigenvalue weighted by Gasteiger charge is 2.58. The third-order valence-corrected chi connectivity index (χ3v) is 3.82. The van der Waals surface area contributed by atoms with Gasteiger partial charge in [0, 0.05) is 5.56 Å². The number of rotatable bonds is 4. The van der Waals surface area contributed by atoms with E-state index in [2.05, 4.69) is 5.32 Å². The van der Waals surface area contributed by atoms with Crippen LogP contribution in [0.2, 0.25) is 0 Å². The van der Waals surface area contributed by atoms with Gasteiger partial charge in [-0.25, -0.2) is 0 Å². The number of carbonyl (C=O) groups excluding carboxylic acids is 2. The zero-order valence-corrected chi connectivity index (χ0v) is 11.2. The molecule has 2 fully saturated rings. The van der Waals surface area contributed by atoms with Gasteiger partial charge in [0.2, 0.25) is 0 Å². The van der Waals surface area contributed by atoms with E-state index in [1.165, 1.54) is 0 Å². The predicted octanol–water partition coefficient (Wildman–Crippen LogP) is 1.14. The summed E-state index contributed by atoms with van der Waals surface area (Å²) in [7, 11) is 0. The molecule has 20 heavy (non-hydrogen) atoms. The van der Waals surface area contributed by atoms with E-state index in [0.29, 0.717) is 18.6 Å². The summed E-state index contributed by atoms with van der Waals surface area (Å²) >= 11 is 0. The van der Waals surface area contributed by atoms with E-state index in [-0.39, 0.29) is 36.0 Å². The second kappa shape index (κ2) is 5.25. The summed E-state index contributed by atoms with van der Waals surface area (Å²) in [5.74, 6) is -0.728. The van der Waals surface area contributed by atoms with E-state index >= 15 is 0 Å². The van der Waals surface area contributed by atoms with Gasteiger partial charge < -0.3 is 14.8 Å². The van der Waals surface area contributed by atoms with Crippen LogP contribution in [0.5, 0.6) is 0 Å². The van der Waals surface area contributed by atoms with Gasteiger partial charge in [-0.2, -0.15) is 0 Å². The Morgan fingerprint density at radius 3 is 2.80 bits per heavy atom. The molecule has 4 atom stereocenters. The lowest BCUT2D eigenvalue weighted by atomic mass is 10.0. The van der Waals surface area contributed by atoms with Gasteiger partial charge in [-0.1, -0.05) is 18.2 Å². The monoisotopic (exact) mass is 275 g/mol. The first-order valence-electron chi connectivity index (χ1n) is 6.88. The molecular weight excluding hydrogens is 258 g/mol. The highest BCUT2D eigenvalue weighted by Crippen LogP contribution is 2.43. The van der Waals surface area contributed by atoms with E-state index in [4.69, 9.17) is 9.47 Å². The lowest BCUT2D eigenvalue weighted by molar-refractivity contribution is -0.149. The molecule has 106 valence electrons. The molecule has 1 heterocycles. The standard InChI is InChI=1S/C15H17NO4/c1-2-19-15(18)10-8-11-13(20-11)12(10)16-14(17)9-6-4-3-5-7-9/h3-7,10-13H,2,8H2,1H3,(H,16,17)/t10-,11-,12+,13-/m0/s1. The second-order valence-electron chi connectivity index (χ2n) is 5.10. The number of hydrogen-bond acceptors (Lipinski definition) is 4. The Labute approximate surface area is 117 Å². The van der Waals surface area contributed by atoms with Crippen molar-refractivity contribution >= 4 is 11.9 Å². The first-order chi connectivity index (χ1) is 9.70. The number of nitrogens with one attached hydrogen (secondary N) is 1. The molecular formula is C15H17NO4. The fraction of sp³-hybridized carbons (Fsp3) is 0.467. The first-order valence-corrected chi connectivity index (χ1v) is 6.88. The molecule has 1 amide bonds. The average Bonchev–Trinajstić information content (AvgIpc) is 3.15. The lowest BCUT2D eigenvalue weighted by Gasteiger charge is -2.21. The fourth-order valence-electron chi connectivity index (χ4n) is 2.79. The smallest absolute Gasteiger partial charge is 0.311 e. The third-order valence-electron chi connectivity index (χ3n) is 3.82. The maximum atomic E-state index is 12.2. The molecule has 0 radical (unpaired) electrons. The normalized spacial score (nSPS) is 30.4. The summed E-state index contributed by atoms with van der Waals surface area (Å²) in [5, 5.41) is 2.91. The van der Waals surface area contributed by atoms with Gasteiger partial charge in [0.15, 0.2) is 0 Å². The highest BCUT2D eigenvalue weighted by atomic mass is 16.6. The van der Waals surface area contributed by atoms with Gasteiger partial charge in [-0.15, -0.1) is 0 Å². The average molecular weight is 275 g/mol. The van der Waals surface area contributed by atoms with Crippen LogP contribution in [0.15, 0.2) is 30.3 Å². The number of ether oxygens (including phenoxy) is 2. The molecule has 5 nitrogen and oxygen atoms in total. The Balaban J connectivity index is 1.69. The SMILES string of the molecule is CCOC(=O)[C@H]1C[C@@H]2O[C@@H]2[C@@H]1NC(=O)c1ccccc1. The highest BCUT2D eigenvalue weighted by molar-refractivity contribution is 5.94. The molecule has 1 saturated carbocycles. The van der Waals surface area contributed by atoms with E-state index in [0.717, 1.165) is 0 Å². The molecule has 1 aliphatic heterocycles.